The molecule has 3 aromatic heterocycles. The predicted molar refractivity (Wildman–Crippen MR) is 120 cm³/mol. The molecular weight excluding hydrogens is 374 g/mol. The Kier molecular flexibility index (Phi) is 4.35. The average Bonchev–Trinajstić information content (AvgIpc) is 3.11. The molecular formula is C24H23N5O. The van der Waals surface area contributed by atoms with Gasteiger partial charge in [-0.15, -0.1) is 0 Å². The highest BCUT2D eigenvalue weighted by Crippen LogP contribution is 2.28. The van der Waals surface area contributed by atoms with Crippen LogP contribution in [0.4, 0.5) is 0 Å². The molecule has 150 valence electrons. The molecule has 5 rings (SSSR count). The molecule has 6 heteroatoms. The second-order valence-corrected chi connectivity index (χ2v) is 7.65. The number of nitrogens with zero attached hydrogens (tertiary/aromatic N) is 5. The number of rotatable bonds is 4. The van der Waals surface area contributed by atoms with Crippen LogP contribution in [0.2, 0.25) is 0 Å². The lowest BCUT2D eigenvalue weighted by molar-refractivity contribution is 0.510. The van der Waals surface area contributed by atoms with E-state index >= 15 is 0 Å². The van der Waals surface area contributed by atoms with E-state index in [2.05, 4.69) is 38.1 Å². The van der Waals surface area contributed by atoms with Gasteiger partial charge in [0.25, 0.3) is 5.56 Å². The number of fused-ring (bicyclic) bond motifs is 4. The summed E-state index contributed by atoms with van der Waals surface area (Å²) in [7, 11) is 0. The molecule has 2 aromatic carbocycles. The van der Waals surface area contributed by atoms with Gasteiger partial charge in [0.2, 0.25) is 0 Å². The maximum Gasteiger partial charge on any atom is 0.265 e. The van der Waals surface area contributed by atoms with Crippen molar-refractivity contribution in [1.82, 2.24) is 24.1 Å². The molecule has 0 aliphatic heterocycles. The molecule has 0 spiro atoms. The Bertz CT molecular complexity index is 1450. The average molecular weight is 397 g/mol. The minimum atomic E-state index is -0.0761. The van der Waals surface area contributed by atoms with E-state index in [9.17, 15) is 4.79 Å². The van der Waals surface area contributed by atoms with Crippen molar-refractivity contribution >= 4 is 33.2 Å². The molecule has 0 saturated carbocycles. The Labute approximate surface area is 173 Å². The third kappa shape index (κ3) is 2.71. The van der Waals surface area contributed by atoms with Crippen LogP contribution in [0.15, 0.2) is 59.7 Å². The lowest BCUT2D eigenvalue weighted by atomic mass is 10.1. The van der Waals surface area contributed by atoms with Gasteiger partial charge in [0.15, 0.2) is 11.3 Å². The van der Waals surface area contributed by atoms with E-state index in [4.69, 9.17) is 15.0 Å². The van der Waals surface area contributed by atoms with Crippen LogP contribution in [-0.2, 0) is 6.42 Å². The van der Waals surface area contributed by atoms with Crippen molar-refractivity contribution < 1.29 is 0 Å². The van der Waals surface area contributed by atoms with Crippen LogP contribution in [0.25, 0.3) is 38.9 Å². The van der Waals surface area contributed by atoms with Gasteiger partial charge < -0.3 is 0 Å². The number of hydrogen-bond donors (Lipinski definition) is 0. The third-order valence-corrected chi connectivity index (χ3v) is 5.86. The van der Waals surface area contributed by atoms with Crippen molar-refractivity contribution in [1.29, 1.82) is 0 Å². The summed E-state index contributed by atoms with van der Waals surface area (Å²) in [6.07, 6.45) is 3.46. The van der Waals surface area contributed by atoms with Gasteiger partial charge in [-0.2, -0.15) is 0 Å². The summed E-state index contributed by atoms with van der Waals surface area (Å²) in [5, 5.41) is 0.519. The van der Waals surface area contributed by atoms with Crippen LogP contribution in [0.5, 0.6) is 0 Å². The van der Waals surface area contributed by atoms with Crippen molar-refractivity contribution in [3.8, 4) is 5.69 Å². The minimum absolute atomic E-state index is 0.0602. The van der Waals surface area contributed by atoms with Crippen LogP contribution in [0.3, 0.4) is 0 Å². The van der Waals surface area contributed by atoms with Gasteiger partial charge in [-0.25, -0.2) is 15.0 Å². The van der Waals surface area contributed by atoms with Crippen LogP contribution >= 0.6 is 0 Å². The van der Waals surface area contributed by atoms with Crippen molar-refractivity contribution in [3.63, 3.8) is 0 Å². The molecule has 1 atom stereocenters. The molecule has 0 fully saturated rings. The standard InChI is InChI=1S/C24H23N5O/c1-4-15(3)28-14-25-22-20(24(28)30)21-23(27-19-9-7-6-8-18(19)26-21)29(22)17-12-10-16(5-2)11-13-17/h6-15H,4-5H2,1-3H3/t15-/m0/s1. The highest BCUT2D eigenvalue weighted by Gasteiger charge is 2.21. The molecule has 30 heavy (non-hydrogen) atoms. The van der Waals surface area contributed by atoms with E-state index in [1.54, 1.807) is 10.9 Å². The number of aromatic nitrogens is 5. The van der Waals surface area contributed by atoms with E-state index in [-0.39, 0.29) is 11.6 Å². The van der Waals surface area contributed by atoms with E-state index in [0.29, 0.717) is 22.2 Å². The van der Waals surface area contributed by atoms with Crippen molar-refractivity contribution in [2.45, 2.75) is 39.7 Å². The normalized spacial score (nSPS) is 12.8. The Morgan fingerprint density at radius 1 is 0.933 bits per heavy atom. The zero-order valence-electron chi connectivity index (χ0n) is 17.3. The van der Waals surface area contributed by atoms with E-state index < -0.39 is 0 Å². The molecule has 0 N–H and O–H groups in total. The third-order valence-electron chi connectivity index (χ3n) is 5.86. The first-order chi connectivity index (χ1) is 14.6. The summed E-state index contributed by atoms with van der Waals surface area (Å²) in [4.78, 5) is 27.9. The van der Waals surface area contributed by atoms with Crippen molar-refractivity contribution in [2.24, 2.45) is 0 Å². The second-order valence-electron chi connectivity index (χ2n) is 7.65. The summed E-state index contributed by atoms with van der Waals surface area (Å²) in [6.45, 7) is 6.22. The van der Waals surface area contributed by atoms with Crippen molar-refractivity contribution in [3.05, 3.63) is 70.8 Å². The zero-order valence-corrected chi connectivity index (χ0v) is 17.3. The molecule has 0 aliphatic rings. The predicted octanol–water partition coefficient (Wildman–Crippen LogP) is 4.82. The van der Waals surface area contributed by atoms with Crippen molar-refractivity contribution in [2.75, 3.05) is 0 Å². The van der Waals surface area contributed by atoms with Crippen LogP contribution in [-0.4, -0.2) is 24.1 Å². The Morgan fingerprint density at radius 2 is 1.63 bits per heavy atom. The molecule has 3 heterocycles. The van der Waals surface area contributed by atoms with Gasteiger partial charge in [-0.05, 0) is 49.6 Å². The first-order valence-electron chi connectivity index (χ1n) is 10.4. The largest absolute Gasteiger partial charge is 0.296 e. The van der Waals surface area contributed by atoms with Gasteiger partial charge in [0.05, 0.1) is 11.0 Å². The van der Waals surface area contributed by atoms with E-state index in [0.717, 1.165) is 29.6 Å². The lowest BCUT2D eigenvalue weighted by Crippen LogP contribution is -2.23. The Morgan fingerprint density at radius 3 is 2.30 bits per heavy atom. The summed E-state index contributed by atoms with van der Waals surface area (Å²) >= 11 is 0. The number of aryl methyl sites for hydroxylation is 1. The minimum Gasteiger partial charge on any atom is -0.296 e. The maximum absolute atomic E-state index is 13.5. The number of benzene rings is 2. The van der Waals surface area contributed by atoms with Gasteiger partial charge in [-0.3, -0.25) is 13.9 Å². The molecule has 0 saturated heterocycles. The smallest absolute Gasteiger partial charge is 0.265 e. The molecule has 0 unspecified atom stereocenters. The van der Waals surface area contributed by atoms with Gasteiger partial charge in [-0.1, -0.05) is 38.1 Å². The fourth-order valence-electron chi connectivity index (χ4n) is 3.89. The summed E-state index contributed by atoms with van der Waals surface area (Å²) in [6, 6.07) is 16.1. The highest BCUT2D eigenvalue weighted by atomic mass is 16.1. The lowest BCUT2D eigenvalue weighted by Gasteiger charge is -2.12. The fraction of sp³-hybridized carbons (Fsp3) is 0.250. The molecule has 6 nitrogen and oxygen atoms in total. The quantitative estimate of drug-likeness (QED) is 0.436. The SMILES string of the molecule is CCc1ccc(-n2c3nc4ccccc4nc3c3c(=O)n([C@@H](C)CC)cnc32)cc1. The van der Waals surface area contributed by atoms with E-state index in [1.165, 1.54) is 5.56 Å². The molecule has 0 radical (unpaired) electrons. The number of para-hydroxylation sites is 2. The zero-order chi connectivity index (χ0) is 20.8. The monoisotopic (exact) mass is 397 g/mol. The molecule has 0 aliphatic carbocycles. The molecule has 0 bridgehead atoms. The summed E-state index contributed by atoms with van der Waals surface area (Å²) in [5.74, 6) is 0. The summed E-state index contributed by atoms with van der Waals surface area (Å²) in [5.41, 5.74) is 5.50. The highest BCUT2D eigenvalue weighted by molar-refractivity contribution is 6.05. The van der Waals surface area contributed by atoms with Crippen LogP contribution in [0.1, 0.15) is 38.8 Å². The Hall–Kier alpha value is -3.54. The first kappa shape index (κ1) is 18.5. The van der Waals surface area contributed by atoms with Crippen LogP contribution < -0.4 is 5.56 Å². The Balaban J connectivity index is 1.94. The second kappa shape index (κ2) is 7.06. The fourth-order valence-corrected chi connectivity index (χ4v) is 3.89. The number of hydrogen-bond acceptors (Lipinski definition) is 4. The first-order valence-corrected chi connectivity index (χ1v) is 10.4. The van der Waals surface area contributed by atoms with E-state index in [1.807, 2.05) is 35.8 Å². The van der Waals surface area contributed by atoms with Gasteiger partial charge >= 0.3 is 0 Å². The molecule has 5 aromatic rings. The van der Waals surface area contributed by atoms with Crippen LogP contribution in [0, 0.1) is 0 Å². The van der Waals surface area contributed by atoms with Gasteiger partial charge in [0.1, 0.15) is 17.2 Å². The molecule has 0 amide bonds. The summed E-state index contributed by atoms with van der Waals surface area (Å²) < 4.78 is 3.65. The topological polar surface area (TPSA) is 65.6 Å². The maximum atomic E-state index is 13.5. The van der Waals surface area contributed by atoms with Gasteiger partial charge in [0, 0.05) is 11.7 Å².